The van der Waals surface area contributed by atoms with Gasteiger partial charge in [0, 0.05) is 42.7 Å². The minimum Gasteiger partial charge on any atom is -0.493 e. The Morgan fingerprint density at radius 3 is 1.49 bits per heavy atom. The van der Waals surface area contributed by atoms with Gasteiger partial charge in [0.25, 0.3) is 11.8 Å². The molecule has 55 heavy (non-hydrogen) atoms. The van der Waals surface area contributed by atoms with Crippen molar-refractivity contribution in [2.45, 2.75) is 51.2 Å². The molecular weight excluding hydrogens is 718 g/mol. The van der Waals surface area contributed by atoms with Crippen LogP contribution in [0.3, 0.4) is 0 Å². The topological polar surface area (TPSA) is 115 Å². The van der Waals surface area contributed by atoms with Gasteiger partial charge in [-0.15, -0.1) is 0 Å². The van der Waals surface area contributed by atoms with Crippen LogP contribution in [0.4, 0.5) is 11.4 Å². The number of carbonyl (C=O) groups excluding carboxylic acids is 2. The van der Waals surface area contributed by atoms with Gasteiger partial charge in [0.2, 0.25) is 0 Å². The lowest BCUT2D eigenvalue weighted by molar-refractivity contribution is 0.0696. The van der Waals surface area contributed by atoms with E-state index in [4.69, 9.17) is 45.5 Å². The van der Waals surface area contributed by atoms with E-state index in [1.54, 1.807) is 36.4 Å². The van der Waals surface area contributed by atoms with Crippen LogP contribution in [0, 0.1) is 0 Å². The first-order valence-electron chi connectivity index (χ1n) is 18.0. The molecule has 2 amide bonds. The normalized spacial score (nSPS) is 17.8. The zero-order chi connectivity index (χ0) is 37.6. The average Bonchev–Trinajstić information content (AvgIpc) is 3.42. The van der Waals surface area contributed by atoms with Crippen molar-refractivity contribution < 1.29 is 28.5 Å². The summed E-state index contributed by atoms with van der Waals surface area (Å²) in [6.07, 6.45) is 5.09. The summed E-state index contributed by atoms with van der Waals surface area (Å²) in [5.74, 6) is 1.42. The molecule has 0 aliphatic carbocycles. The van der Waals surface area contributed by atoms with E-state index in [-0.39, 0.29) is 37.1 Å². The molecule has 4 aromatic carbocycles. The number of fused-ring (bicyclic) bond motifs is 6. The highest BCUT2D eigenvalue weighted by Crippen LogP contribution is 2.40. The predicted molar refractivity (Wildman–Crippen MR) is 208 cm³/mol. The Balaban J connectivity index is 0.913. The van der Waals surface area contributed by atoms with Gasteiger partial charge < -0.3 is 28.7 Å². The SMILES string of the molecule is COc1cc2c(cc1OCc1cc(Cl)cc(COc3cc4c(cc3OC)C(=O)N3Cc5ccccc5C[C@H]3C=N4)n1)N=CC1Cc3ccccc3CN1C2=O. The van der Waals surface area contributed by atoms with Gasteiger partial charge in [0.1, 0.15) is 13.2 Å². The molecule has 0 fully saturated rings. The average molecular weight is 754 g/mol. The second-order valence-corrected chi connectivity index (χ2v) is 14.3. The maximum Gasteiger partial charge on any atom is 0.257 e. The summed E-state index contributed by atoms with van der Waals surface area (Å²) in [4.78, 5) is 45.5. The number of rotatable bonds is 8. The van der Waals surface area contributed by atoms with Crippen LogP contribution in [0.25, 0.3) is 0 Å². The maximum atomic E-state index is 13.8. The molecule has 11 nitrogen and oxygen atoms in total. The second kappa shape index (κ2) is 14.2. The van der Waals surface area contributed by atoms with E-state index in [1.165, 1.54) is 25.3 Å². The fourth-order valence-corrected chi connectivity index (χ4v) is 7.96. The molecule has 12 heteroatoms. The molecule has 0 saturated heterocycles. The molecule has 0 bridgehead atoms. The van der Waals surface area contributed by atoms with Gasteiger partial charge in [0.05, 0.1) is 60.2 Å². The Bertz CT molecular complexity index is 2270. The zero-order valence-corrected chi connectivity index (χ0v) is 31.0. The third kappa shape index (κ3) is 6.54. The number of hydrogen-bond acceptors (Lipinski definition) is 9. The Kier molecular flexibility index (Phi) is 8.94. The number of pyridine rings is 1. The fraction of sp³-hybridized carbons (Fsp3) is 0.233. The number of ether oxygens (including phenoxy) is 4. The molecule has 4 aliphatic rings. The summed E-state index contributed by atoms with van der Waals surface area (Å²) in [7, 11) is 3.07. The van der Waals surface area contributed by atoms with Crippen LogP contribution in [-0.2, 0) is 39.1 Å². The number of aromatic nitrogens is 1. The third-order valence-electron chi connectivity index (χ3n) is 10.5. The molecule has 5 aromatic rings. The Morgan fingerprint density at radius 2 is 1.05 bits per heavy atom. The number of halogens is 1. The standard InChI is InChI=1S/C43H36ClN5O6/c1-52-38-15-34-36(45-19-32-11-25-7-3-5-9-27(25)21-48(32)42(34)50)17-40(38)54-23-30-13-29(44)14-31(47-30)24-55-41-18-37-35(16-39(41)53-2)43(51)49-22-28-10-6-4-8-26(28)12-33(49)20-46-37/h3-10,13-20,32-33H,11-12,21-24H2,1-2H3/t32-,33?/m0/s1. The van der Waals surface area contributed by atoms with E-state index in [0.29, 0.717) is 87.8 Å². The van der Waals surface area contributed by atoms with Crippen molar-refractivity contribution in [3.63, 3.8) is 0 Å². The summed E-state index contributed by atoms with van der Waals surface area (Å²) in [6.45, 7) is 1.15. The summed E-state index contributed by atoms with van der Waals surface area (Å²) in [5, 5.41) is 0.454. The van der Waals surface area contributed by atoms with Crippen LogP contribution >= 0.6 is 11.6 Å². The van der Waals surface area contributed by atoms with Gasteiger partial charge in [-0.3, -0.25) is 24.6 Å². The predicted octanol–water partition coefficient (Wildman–Crippen LogP) is 7.48. The van der Waals surface area contributed by atoms with Crippen molar-refractivity contribution in [1.82, 2.24) is 14.8 Å². The van der Waals surface area contributed by atoms with Crippen molar-refractivity contribution in [3.8, 4) is 23.0 Å². The molecule has 1 unspecified atom stereocenters. The number of benzene rings is 4. The van der Waals surface area contributed by atoms with Crippen LogP contribution in [0.1, 0.15) is 54.4 Å². The molecule has 0 saturated carbocycles. The van der Waals surface area contributed by atoms with Gasteiger partial charge in [-0.1, -0.05) is 60.1 Å². The van der Waals surface area contributed by atoms with Crippen molar-refractivity contribution in [3.05, 3.63) is 135 Å². The highest BCUT2D eigenvalue weighted by Gasteiger charge is 2.35. The Labute approximate surface area is 322 Å². The van der Waals surface area contributed by atoms with Crippen LogP contribution in [-0.4, -0.2) is 65.3 Å². The molecule has 4 aliphatic heterocycles. The lowest BCUT2D eigenvalue weighted by atomic mass is 9.94. The van der Waals surface area contributed by atoms with E-state index in [9.17, 15) is 9.59 Å². The molecule has 0 spiro atoms. The molecule has 9 rings (SSSR count). The van der Waals surface area contributed by atoms with Gasteiger partial charge in [0.15, 0.2) is 23.0 Å². The van der Waals surface area contributed by atoms with E-state index in [0.717, 1.165) is 11.1 Å². The van der Waals surface area contributed by atoms with Crippen molar-refractivity contribution in [2.24, 2.45) is 9.98 Å². The molecule has 2 atom stereocenters. The Morgan fingerprint density at radius 1 is 0.618 bits per heavy atom. The smallest absolute Gasteiger partial charge is 0.257 e. The number of methoxy groups -OCH3 is 2. The van der Waals surface area contributed by atoms with Crippen LogP contribution in [0.2, 0.25) is 5.02 Å². The quantitative estimate of drug-likeness (QED) is 0.161. The molecule has 0 N–H and O–H groups in total. The first-order chi connectivity index (χ1) is 26.8. The lowest BCUT2D eigenvalue weighted by Crippen LogP contribution is -2.44. The minimum absolute atomic E-state index is 0.0605. The number of aliphatic imine (C=N–C) groups is 2. The van der Waals surface area contributed by atoms with Crippen LogP contribution < -0.4 is 18.9 Å². The van der Waals surface area contributed by atoms with E-state index in [2.05, 4.69) is 24.3 Å². The molecule has 5 heterocycles. The van der Waals surface area contributed by atoms with E-state index >= 15 is 0 Å². The number of carbonyl (C=O) groups is 2. The monoisotopic (exact) mass is 753 g/mol. The lowest BCUT2D eigenvalue weighted by Gasteiger charge is -2.34. The Hall–Kier alpha value is -6.20. The molecule has 1 aromatic heterocycles. The van der Waals surface area contributed by atoms with Crippen molar-refractivity contribution in [1.29, 1.82) is 0 Å². The molecular formula is C43H36ClN5O6. The minimum atomic E-state index is -0.150. The van der Waals surface area contributed by atoms with Crippen LogP contribution in [0.5, 0.6) is 23.0 Å². The zero-order valence-electron chi connectivity index (χ0n) is 30.2. The van der Waals surface area contributed by atoms with Crippen molar-refractivity contribution in [2.75, 3.05) is 14.2 Å². The largest absolute Gasteiger partial charge is 0.493 e. The van der Waals surface area contributed by atoms with Gasteiger partial charge in [-0.25, -0.2) is 0 Å². The van der Waals surface area contributed by atoms with E-state index in [1.807, 2.05) is 46.5 Å². The van der Waals surface area contributed by atoms with E-state index < -0.39 is 0 Å². The number of hydrogen-bond donors (Lipinski definition) is 0. The van der Waals surface area contributed by atoms with Crippen molar-refractivity contribution >= 4 is 47.2 Å². The number of nitrogens with zero attached hydrogens (tertiary/aromatic N) is 5. The fourth-order valence-electron chi connectivity index (χ4n) is 7.71. The summed E-state index contributed by atoms with van der Waals surface area (Å²) < 4.78 is 23.8. The molecule has 276 valence electrons. The highest BCUT2D eigenvalue weighted by atomic mass is 35.5. The van der Waals surface area contributed by atoms with Gasteiger partial charge in [-0.05, 0) is 59.4 Å². The highest BCUT2D eigenvalue weighted by molar-refractivity contribution is 6.30. The first-order valence-corrected chi connectivity index (χ1v) is 18.4. The maximum absolute atomic E-state index is 13.8. The first kappa shape index (κ1) is 34.6. The van der Waals surface area contributed by atoms with Gasteiger partial charge >= 0.3 is 0 Å². The number of amides is 2. The van der Waals surface area contributed by atoms with Gasteiger partial charge in [-0.2, -0.15) is 0 Å². The summed E-state index contributed by atoms with van der Waals surface area (Å²) >= 11 is 6.55. The summed E-state index contributed by atoms with van der Waals surface area (Å²) in [5.41, 5.74) is 7.75. The van der Waals surface area contributed by atoms with Crippen LogP contribution in [0.15, 0.2) is 94.9 Å². The third-order valence-corrected chi connectivity index (χ3v) is 10.8. The second-order valence-electron chi connectivity index (χ2n) is 13.9. The summed E-state index contributed by atoms with van der Waals surface area (Å²) in [6, 6.07) is 26.3. The molecule has 0 radical (unpaired) electrons.